The molecular formula is C19H22FN5O2. The van der Waals surface area contributed by atoms with Crippen molar-refractivity contribution in [2.45, 2.75) is 25.0 Å². The molecule has 27 heavy (non-hydrogen) atoms. The topological polar surface area (TPSA) is 90.4 Å². The number of aromatic nitrogens is 2. The summed E-state index contributed by atoms with van der Waals surface area (Å²) in [6.07, 6.45) is 2.64. The molecule has 2 unspecified atom stereocenters. The number of nitrogens with zero attached hydrogens (tertiary/aromatic N) is 3. The number of carbonyl (C=O) groups excluding carboxylic acids is 1. The Morgan fingerprint density at radius 3 is 2.85 bits per heavy atom. The van der Waals surface area contributed by atoms with Crippen molar-refractivity contribution in [3.05, 3.63) is 41.8 Å². The van der Waals surface area contributed by atoms with Crippen LogP contribution in [0.4, 0.5) is 10.2 Å². The van der Waals surface area contributed by atoms with E-state index in [1.165, 1.54) is 6.20 Å². The van der Waals surface area contributed by atoms with Gasteiger partial charge in [0.1, 0.15) is 0 Å². The van der Waals surface area contributed by atoms with Crippen LogP contribution in [0.1, 0.15) is 23.2 Å². The SMILES string of the molecule is O=C(NC1CNCC1O)c1cccc(-c2ncc(F)c(N3CCCC3)n2)c1. The first-order valence-electron chi connectivity index (χ1n) is 9.19. The first-order valence-corrected chi connectivity index (χ1v) is 9.19. The summed E-state index contributed by atoms with van der Waals surface area (Å²) in [4.78, 5) is 22.9. The minimum atomic E-state index is -0.597. The third-order valence-electron chi connectivity index (χ3n) is 5.01. The Morgan fingerprint density at radius 1 is 1.30 bits per heavy atom. The van der Waals surface area contributed by atoms with Gasteiger partial charge in [0.05, 0.1) is 18.3 Å². The normalized spacial score (nSPS) is 22.2. The minimum Gasteiger partial charge on any atom is -0.390 e. The van der Waals surface area contributed by atoms with E-state index in [1.807, 2.05) is 4.90 Å². The predicted octanol–water partition coefficient (Wildman–Crippen LogP) is 0.945. The van der Waals surface area contributed by atoms with Crippen LogP contribution in [0, 0.1) is 5.82 Å². The molecule has 2 aromatic rings. The van der Waals surface area contributed by atoms with Crippen molar-refractivity contribution in [3.63, 3.8) is 0 Å². The summed E-state index contributed by atoms with van der Waals surface area (Å²) in [5.41, 5.74) is 1.09. The third kappa shape index (κ3) is 3.77. The van der Waals surface area contributed by atoms with E-state index < -0.39 is 11.9 Å². The number of benzene rings is 1. The highest BCUT2D eigenvalue weighted by molar-refractivity contribution is 5.95. The van der Waals surface area contributed by atoms with Gasteiger partial charge in [0.2, 0.25) is 0 Å². The second-order valence-electron chi connectivity index (χ2n) is 6.95. The van der Waals surface area contributed by atoms with E-state index in [1.54, 1.807) is 24.3 Å². The van der Waals surface area contributed by atoms with Gasteiger partial charge in [-0.05, 0) is 25.0 Å². The average molecular weight is 371 g/mol. The van der Waals surface area contributed by atoms with Gasteiger partial charge < -0.3 is 20.6 Å². The number of hydrogen-bond acceptors (Lipinski definition) is 6. The van der Waals surface area contributed by atoms with Gasteiger partial charge in [0, 0.05) is 37.3 Å². The van der Waals surface area contributed by atoms with Gasteiger partial charge in [-0.25, -0.2) is 14.4 Å². The lowest BCUT2D eigenvalue weighted by Crippen LogP contribution is -2.42. The lowest BCUT2D eigenvalue weighted by molar-refractivity contribution is 0.0888. The van der Waals surface area contributed by atoms with Crippen molar-refractivity contribution in [1.29, 1.82) is 0 Å². The second kappa shape index (κ2) is 7.58. The van der Waals surface area contributed by atoms with Crippen LogP contribution in [-0.4, -0.2) is 59.3 Å². The number of rotatable bonds is 4. The van der Waals surface area contributed by atoms with E-state index in [0.717, 1.165) is 25.9 Å². The van der Waals surface area contributed by atoms with E-state index in [9.17, 15) is 14.3 Å². The van der Waals surface area contributed by atoms with Crippen molar-refractivity contribution in [3.8, 4) is 11.4 Å². The summed E-state index contributed by atoms with van der Waals surface area (Å²) in [5.74, 6) is -0.00762. The molecule has 8 heteroatoms. The van der Waals surface area contributed by atoms with E-state index in [2.05, 4.69) is 20.6 Å². The zero-order chi connectivity index (χ0) is 18.8. The summed E-state index contributed by atoms with van der Waals surface area (Å²) in [5, 5.41) is 15.7. The summed E-state index contributed by atoms with van der Waals surface area (Å²) < 4.78 is 14.1. The molecule has 0 saturated carbocycles. The molecule has 1 amide bonds. The minimum absolute atomic E-state index is 0.272. The number of aliphatic hydroxyl groups is 1. The molecule has 2 atom stereocenters. The fourth-order valence-corrected chi connectivity index (χ4v) is 3.51. The first-order chi connectivity index (χ1) is 13.1. The van der Waals surface area contributed by atoms with Gasteiger partial charge in [-0.15, -0.1) is 0 Å². The van der Waals surface area contributed by atoms with Gasteiger partial charge >= 0.3 is 0 Å². The van der Waals surface area contributed by atoms with Crippen LogP contribution in [0.5, 0.6) is 0 Å². The maximum atomic E-state index is 14.1. The number of β-amino-alcohol motifs (C(OH)–C–C–N with tert-alkyl or cyclic N) is 1. The number of anilines is 1. The van der Waals surface area contributed by atoms with Crippen LogP contribution in [-0.2, 0) is 0 Å². The number of amides is 1. The van der Waals surface area contributed by atoms with Crippen molar-refractivity contribution in [2.24, 2.45) is 0 Å². The maximum Gasteiger partial charge on any atom is 0.251 e. The fourth-order valence-electron chi connectivity index (χ4n) is 3.51. The Kier molecular flexibility index (Phi) is 5.00. The van der Waals surface area contributed by atoms with Crippen molar-refractivity contribution >= 4 is 11.7 Å². The Labute approximate surface area is 156 Å². The molecule has 4 rings (SSSR count). The molecule has 2 fully saturated rings. The van der Waals surface area contributed by atoms with Crippen LogP contribution in [0.3, 0.4) is 0 Å². The van der Waals surface area contributed by atoms with Crippen LogP contribution >= 0.6 is 0 Å². The zero-order valence-corrected chi connectivity index (χ0v) is 14.9. The summed E-state index contributed by atoms with van der Waals surface area (Å²) in [7, 11) is 0. The lowest BCUT2D eigenvalue weighted by atomic mass is 10.1. The number of nitrogens with one attached hydrogen (secondary N) is 2. The first kappa shape index (κ1) is 17.8. The molecule has 0 aliphatic carbocycles. The largest absolute Gasteiger partial charge is 0.390 e. The highest BCUT2D eigenvalue weighted by Crippen LogP contribution is 2.24. The van der Waals surface area contributed by atoms with Gasteiger partial charge in [-0.3, -0.25) is 4.79 Å². The Bertz CT molecular complexity index is 841. The molecule has 2 saturated heterocycles. The number of hydrogen-bond donors (Lipinski definition) is 3. The Hall–Kier alpha value is -2.58. The third-order valence-corrected chi connectivity index (χ3v) is 5.01. The molecule has 1 aromatic carbocycles. The van der Waals surface area contributed by atoms with E-state index in [-0.39, 0.29) is 11.9 Å². The van der Waals surface area contributed by atoms with E-state index in [0.29, 0.717) is 35.9 Å². The maximum absolute atomic E-state index is 14.1. The van der Waals surface area contributed by atoms with Crippen molar-refractivity contribution in [2.75, 3.05) is 31.1 Å². The molecular weight excluding hydrogens is 349 g/mol. The molecule has 2 aliphatic heterocycles. The summed E-state index contributed by atoms with van der Waals surface area (Å²) >= 11 is 0. The Morgan fingerprint density at radius 2 is 2.11 bits per heavy atom. The van der Waals surface area contributed by atoms with E-state index >= 15 is 0 Å². The number of halogens is 1. The van der Waals surface area contributed by atoms with Gasteiger partial charge in [0.25, 0.3) is 5.91 Å². The standard InChI is InChI=1S/C19H22FN5O2/c20-14-9-22-17(24-18(14)25-6-1-2-7-25)12-4-3-5-13(8-12)19(27)23-15-10-21-11-16(15)26/h3-5,8-9,15-16,21,26H,1-2,6-7,10-11H2,(H,23,27). The Balaban J connectivity index is 1.57. The number of aliphatic hydroxyl groups excluding tert-OH is 1. The van der Waals surface area contributed by atoms with Crippen LogP contribution in [0.2, 0.25) is 0 Å². The van der Waals surface area contributed by atoms with Crippen molar-refractivity contribution < 1.29 is 14.3 Å². The highest BCUT2D eigenvalue weighted by Gasteiger charge is 2.26. The van der Waals surface area contributed by atoms with Gasteiger partial charge in [0.15, 0.2) is 17.5 Å². The van der Waals surface area contributed by atoms with Crippen LogP contribution in [0.15, 0.2) is 30.5 Å². The molecule has 7 nitrogen and oxygen atoms in total. The molecule has 3 heterocycles. The van der Waals surface area contributed by atoms with Gasteiger partial charge in [-0.2, -0.15) is 0 Å². The molecule has 0 bridgehead atoms. The average Bonchev–Trinajstić information content (AvgIpc) is 3.35. The number of carbonyl (C=O) groups is 1. The van der Waals surface area contributed by atoms with Crippen LogP contribution < -0.4 is 15.5 Å². The molecule has 1 aromatic heterocycles. The predicted molar refractivity (Wildman–Crippen MR) is 99.0 cm³/mol. The molecule has 0 radical (unpaired) electrons. The molecule has 3 N–H and O–H groups in total. The molecule has 142 valence electrons. The highest BCUT2D eigenvalue weighted by atomic mass is 19.1. The molecule has 0 spiro atoms. The monoisotopic (exact) mass is 371 g/mol. The van der Waals surface area contributed by atoms with Crippen LogP contribution in [0.25, 0.3) is 11.4 Å². The fraction of sp³-hybridized carbons (Fsp3) is 0.421. The van der Waals surface area contributed by atoms with Crippen molar-refractivity contribution in [1.82, 2.24) is 20.6 Å². The van der Waals surface area contributed by atoms with E-state index in [4.69, 9.17) is 0 Å². The lowest BCUT2D eigenvalue weighted by Gasteiger charge is -2.17. The summed E-state index contributed by atoms with van der Waals surface area (Å²) in [6.45, 7) is 2.57. The second-order valence-corrected chi connectivity index (χ2v) is 6.95. The molecule has 2 aliphatic rings. The summed E-state index contributed by atoms with van der Waals surface area (Å²) in [6, 6.07) is 6.60. The van der Waals surface area contributed by atoms with Gasteiger partial charge in [-0.1, -0.05) is 12.1 Å². The smallest absolute Gasteiger partial charge is 0.251 e. The quantitative estimate of drug-likeness (QED) is 0.741. The zero-order valence-electron chi connectivity index (χ0n) is 14.9.